The van der Waals surface area contributed by atoms with Crippen LogP contribution in [0.2, 0.25) is 0 Å². The van der Waals surface area contributed by atoms with Crippen molar-refractivity contribution in [2.75, 3.05) is 12.3 Å². The number of hydrogen-bond donors (Lipinski definition) is 1. The highest BCUT2D eigenvalue weighted by Gasteiger charge is 2.27. The molecule has 1 N–H and O–H groups in total. The Morgan fingerprint density at radius 3 is 2.26 bits per heavy atom. The minimum Gasteiger partial charge on any atom is -0.352 e. The van der Waals surface area contributed by atoms with Crippen LogP contribution in [-0.4, -0.2) is 41.1 Å². The number of carbonyl (C=O) groups excluding carboxylic acids is 2. The number of nitrogens with one attached hydrogen (secondary N) is 1. The summed E-state index contributed by atoms with van der Waals surface area (Å²) in [7, 11) is 0. The Morgan fingerprint density at radius 2 is 1.61 bits per heavy atom. The van der Waals surface area contributed by atoms with E-state index in [1.165, 1.54) is 24.0 Å². The second-order valence-electron chi connectivity index (χ2n) is 8.28. The van der Waals surface area contributed by atoms with Gasteiger partial charge in [0.05, 0.1) is 0 Å². The number of carbonyl (C=O) groups is 2. The van der Waals surface area contributed by atoms with Gasteiger partial charge in [-0.15, -0.1) is 0 Å². The van der Waals surface area contributed by atoms with Gasteiger partial charge in [-0.1, -0.05) is 73.5 Å². The van der Waals surface area contributed by atoms with Crippen molar-refractivity contribution in [3.05, 3.63) is 71.8 Å². The lowest BCUT2D eigenvalue weighted by Gasteiger charge is -2.29. The highest BCUT2D eigenvalue weighted by Crippen LogP contribution is 2.19. The lowest BCUT2D eigenvalue weighted by atomic mass is 10.1. The molecule has 2 aromatic rings. The van der Waals surface area contributed by atoms with Gasteiger partial charge in [-0.3, -0.25) is 9.59 Å². The summed E-state index contributed by atoms with van der Waals surface area (Å²) < 4.78 is 0. The number of benzene rings is 2. The molecule has 0 unspecified atom stereocenters. The lowest BCUT2D eigenvalue weighted by Crippen LogP contribution is -2.50. The Labute approximate surface area is 190 Å². The molecule has 1 aliphatic rings. The molecule has 2 amide bonds. The Balaban J connectivity index is 1.55. The summed E-state index contributed by atoms with van der Waals surface area (Å²) in [6.07, 6.45) is 5.65. The van der Waals surface area contributed by atoms with Gasteiger partial charge in [0.25, 0.3) is 0 Å². The molecule has 1 saturated carbocycles. The maximum Gasteiger partial charge on any atom is 0.242 e. The minimum absolute atomic E-state index is 0.0229. The van der Waals surface area contributed by atoms with Gasteiger partial charge in [0, 0.05) is 30.5 Å². The van der Waals surface area contributed by atoms with Gasteiger partial charge in [-0.2, -0.15) is 11.8 Å². The highest BCUT2D eigenvalue weighted by molar-refractivity contribution is 7.98. The molecule has 0 saturated heterocycles. The number of hydrogen-bond acceptors (Lipinski definition) is 3. The van der Waals surface area contributed by atoms with Crippen LogP contribution in [0.4, 0.5) is 0 Å². The highest BCUT2D eigenvalue weighted by atomic mass is 32.2. The normalized spacial score (nSPS) is 14.9. The molecule has 1 aliphatic carbocycles. The largest absolute Gasteiger partial charge is 0.352 e. The van der Waals surface area contributed by atoms with E-state index < -0.39 is 6.04 Å². The summed E-state index contributed by atoms with van der Waals surface area (Å²) in [5, 5.41) is 3.16. The molecule has 2 aromatic carbocycles. The van der Waals surface area contributed by atoms with Crippen molar-refractivity contribution in [3.63, 3.8) is 0 Å². The van der Waals surface area contributed by atoms with Crippen molar-refractivity contribution in [3.8, 4) is 0 Å². The zero-order valence-electron chi connectivity index (χ0n) is 18.5. The lowest BCUT2D eigenvalue weighted by molar-refractivity contribution is -0.139. The van der Waals surface area contributed by atoms with Gasteiger partial charge >= 0.3 is 0 Å². The van der Waals surface area contributed by atoms with E-state index in [4.69, 9.17) is 0 Å². The van der Waals surface area contributed by atoms with E-state index in [9.17, 15) is 9.59 Å². The second-order valence-corrected chi connectivity index (χ2v) is 9.38. The molecule has 0 aromatic heterocycles. The molecule has 0 radical (unpaired) electrons. The molecule has 166 valence electrons. The molecular formula is C26H34N2O2S. The monoisotopic (exact) mass is 438 g/mol. The van der Waals surface area contributed by atoms with Crippen molar-refractivity contribution in [1.82, 2.24) is 10.2 Å². The Kier molecular flexibility index (Phi) is 9.47. The Hall–Kier alpha value is -2.27. The van der Waals surface area contributed by atoms with Gasteiger partial charge in [0.15, 0.2) is 0 Å². The summed E-state index contributed by atoms with van der Waals surface area (Å²) in [4.78, 5) is 27.7. The van der Waals surface area contributed by atoms with Crippen LogP contribution in [0, 0.1) is 0 Å². The smallest absolute Gasteiger partial charge is 0.242 e. The summed E-state index contributed by atoms with van der Waals surface area (Å²) >= 11 is 1.76. The predicted octanol–water partition coefficient (Wildman–Crippen LogP) is 4.83. The summed E-state index contributed by atoms with van der Waals surface area (Å²) in [5.74, 6) is 1.69. The molecule has 0 aliphatic heterocycles. The predicted molar refractivity (Wildman–Crippen MR) is 129 cm³/mol. The zero-order chi connectivity index (χ0) is 21.9. The first-order valence-corrected chi connectivity index (χ1v) is 12.5. The Morgan fingerprint density at radius 1 is 1.00 bits per heavy atom. The summed E-state index contributed by atoms with van der Waals surface area (Å²) in [6, 6.07) is 20.3. The molecule has 4 nitrogen and oxygen atoms in total. The van der Waals surface area contributed by atoms with Crippen molar-refractivity contribution in [2.24, 2.45) is 0 Å². The van der Waals surface area contributed by atoms with Gasteiger partial charge in [0.1, 0.15) is 6.04 Å². The van der Waals surface area contributed by atoms with E-state index in [1.807, 2.05) is 43.3 Å². The van der Waals surface area contributed by atoms with Crippen LogP contribution in [0.5, 0.6) is 0 Å². The Bertz CT molecular complexity index is 807. The fourth-order valence-electron chi connectivity index (χ4n) is 4.03. The standard InChI is InChI=1S/C26H34N2O2S/c1-21(26(30)27-24-14-8-9-15-24)28(18-16-22-10-4-2-5-11-22)25(29)17-19-31-20-23-12-6-3-7-13-23/h2-7,10-13,21,24H,8-9,14-20H2,1H3,(H,27,30)/t21-/m0/s1. The molecule has 1 fully saturated rings. The fraction of sp³-hybridized carbons (Fsp3) is 0.462. The number of amides is 2. The molecule has 31 heavy (non-hydrogen) atoms. The topological polar surface area (TPSA) is 49.4 Å². The quantitative estimate of drug-likeness (QED) is 0.511. The molecule has 5 heteroatoms. The van der Waals surface area contributed by atoms with E-state index in [0.717, 1.165) is 30.8 Å². The van der Waals surface area contributed by atoms with Gasteiger partial charge in [-0.05, 0) is 37.3 Å². The molecule has 3 rings (SSSR count). The fourth-order valence-corrected chi connectivity index (χ4v) is 4.92. The first-order chi connectivity index (χ1) is 15.1. The summed E-state index contributed by atoms with van der Waals surface area (Å²) in [6.45, 7) is 2.43. The van der Waals surface area contributed by atoms with Gasteiger partial charge in [0.2, 0.25) is 11.8 Å². The first-order valence-electron chi connectivity index (χ1n) is 11.4. The SMILES string of the molecule is C[C@@H](C(=O)NC1CCCC1)N(CCc1ccccc1)C(=O)CCSCc1ccccc1. The van der Waals surface area contributed by atoms with E-state index in [-0.39, 0.29) is 17.9 Å². The van der Waals surface area contributed by atoms with E-state index in [2.05, 4.69) is 29.6 Å². The average Bonchev–Trinajstić information content (AvgIpc) is 3.31. The maximum absolute atomic E-state index is 13.1. The second kappa shape index (κ2) is 12.6. The van der Waals surface area contributed by atoms with Crippen molar-refractivity contribution < 1.29 is 9.59 Å². The van der Waals surface area contributed by atoms with Crippen LogP contribution in [0.15, 0.2) is 60.7 Å². The molecular weight excluding hydrogens is 404 g/mol. The van der Waals surface area contributed by atoms with Gasteiger partial charge in [-0.25, -0.2) is 0 Å². The maximum atomic E-state index is 13.1. The van der Waals surface area contributed by atoms with Crippen LogP contribution in [0.25, 0.3) is 0 Å². The number of thioether (sulfide) groups is 1. The van der Waals surface area contributed by atoms with Crippen molar-refractivity contribution in [1.29, 1.82) is 0 Å². The van der Waals surface area contributed by atoms with Crippen molar-refractivity contribution in [2.45, 2.75) is 63.3 Å². The molecule has 1 atom stereocenters. The van der Waals surface area contributed by atoms with Crippen LogP contribution in [-0.2, 0) is 21.8 Å². The number of nitrogens with zero attached hydrogens (tertiary/aromatic N) is 1. The molecule has 0 bridgehead atoms. The van der Waals surface area contributed by atoms with E-state index in [1.54, 1.807) is 16.7 Å². The molecule has 0 spiro atoms. The minimum atomic E-state index is -0.448. The average molecular weight is 439 g/mol. The van der Waals surface area contributed by atoms with Crippen LogP contribution >= 0.6 is 11.8 Å². The third kappa shape index (κ3) is 7.73. The van der Waals surface area contributed by atoms with Crippen LogP contribution in [0.1, 0.15) is 50.2 Å². The van der Waals surface area contributed by atoms with Crippen molar-refractivity contribution >= 4 is 23.6 Å². The first kappa shape index (κ1) is 23.4. The third-order valence-electron chi connectivity index (χ3n) is 5.92. The zero-order valence-corrected chi connectivity index (χ0v) is 19.3. The van der Waals surface area contributed by atoms with Crippen LogP contribution in [0.3, 0.4) is 0 Å². The van der Waals surface area contributed by atoms with Crippen LogP contribution < -0.4 is 5.32 Å². The number of rotatable bonds is 11. The van der Waals surface area contributed by atoms with Gasteiger partial charge < -0.3 is 10.2 Å². The molecule has 0 heterocycles. The third-order valence-corrected chi connectivity index (χ3v) is 6.96. The van der Waals surface area contributed by atoms with E-state index >= 15 is 0 Å². The van der Waals surface area contributed by atoms with E-state index in [0.29, 0.717) is 13.0 Å². The summed E-state index contributed by atoms with van der Waals surface area (Å²) in [5.41, 5.74) is 2.45.